The maximum absolute atomic E-state index is 9.03. The average molecular weight is 294 g/mol. The molecule has 0 radical (unpaired) electrons. The summed E-state index contributed by atoms with van der Waals surface area (Å²) >= 11 is 0. The van der Waals surface area contributed by atoms with Crippen molar-refractivity contribution in [1.82, 2.24) is 0 Å². The molecule has 0 spiro atoms. The van der Waals surface area contributed by atoms with Crippen LogP contribution < -0.4 is 0 Å². The Morgan fingerprint density at radius 3 is 1.74 bits per heavy atom. The number of quaternary nitrogens is 1. The van der Waals surface area contributed by atoms with Gasteiger partial charge >= 0.3 is 8.80 Å². The highest BCUT2D eigenvalue weighted by atomic mass is 28.4. The molecule has 0 aromatic rings. The monoisotopic (exact) mass is 294 g/mol. The van der Waals surface area contributed by atoms with Gasteiger partial charge in [-0.1, -0.05) is 0 Å². The van der Waals surface area contributed by atoms with Crippen LogP contribution in [0.5, 0.6) is 0 Å². The summed E-state index contributed by atoms with van der Waals surface area (Å²) in [6.07, 6.45) is 1.89. The van der Waals surface area contributed by atoms with Crippen LogP contribution in [0.25, 0.3) is 0 Å². The summed E-state index contributed by atoms with van der Waals surface area (Å²) in [5.74, 6) is 0. The number of hydrogen-bond donors (Lipinski definition) is 1. The Labute approximate surface area is 119 Å². The number of aliphatic hydroxyl groups excluding tert-OH is 1. The van der Waals surface area contributed by atoms with E-state index in [1.807, 2.05) is 0 Å². The zero-order valence-corrected chi connectivity index (χ0v) is 14.3. The van der Waals surface area contributed by atoms with E-state index >= 15 is 0 Å². The first-order chi connectivity index (χ1) is 9.07. The van der Waals surface area contributed by atoms with E-state index < -0.39 is 8.80 Å². The van der Waals surface area contributed by atoms with Gasteiger partial charge in [0.25, 0.3) is 0 Å². The molecule has 0 aromatic heterocycles. The van der Waals surface area contributed by atoms with Crippen molar-refractivity contribution >= 4 is 8.80 Å². The second kappa shape index (κ2) is 9.85. The molecule has 0 bridgehead atoms. The van der Waals surface area contributed by atoms with E-state index in [0.717, 1.165) is 49.5 Å². The van der Waals surface area contributed by atoms with Crippen molar-refractivity contribution in [3.8, 4) is 0 Å². The van der Waals surface area contributed by atoms with Crippen LogP contribution in [0, 0.1) is 0 Å². The predicted molar refractivity (Wildman–Crippen MR) is 79.0 cm³/mol. The minimum Gasteiger partial charge on any atom is -0.396 e. The van der Waals surface area contributed by atoms with Gasteiger partial charge in [0.2, 0.25) is 0 Å². The first kappa shape index (κ1) is 19.0. The number of aliphatic hydroxyl groups is 1. The number of hydrogen-bond acceptors (Lipinski definition) is 4. The predicted octanol–water partition coefficient (Wildman–Crippen LogP) is 1.49. The largest absolute Gasteiger partial charge is 0.500 e. The molecule has 0 unspecified atom stereocenters. The van der Waals surface area contributed by atoms with Crippen LogP contribution in [-0.2, 0) is 13.3 Å². The van der Waals surface area contributed by atoms with Crippen molar-refractivity contribution < 1.29 is 22.9 Å². The second-order valence-corrected chi connectivity index (χ2v) is 7.99. The third-order valence-electron chi connectivity index (χ3n) is 4.18. The van der Waals surface area contributed by atoms with Gasteiger partial charge in [-0.15, -0.1) is 0 Å². The third kappa shape index (κ3) is 5.89. The SMILES string of the molecule is CC[N+](CC)(CCCO)CCC[Si](OC)(OC)OC. The molecule has 0 fully saturated rings. The van der Waals surface area contributed by atoms with Gasteiger partial charge in [0.1, 0.15) is 0 Å². The van der Waals surface area contributed by atoms with Crippen LogP contribution in [0.3, 0.4) is 0 Å². The summed E-state index contributed by atoms with van der Waals surface area (Å²) in [7, 11) is 2.55. The van der Waals surface area contributed by atoms with E-state index in [1.165, 1.54) is 0 Å². The lowest BCUT2D eigenvalue weighted by atomic mass is 10.2. The maximum Gasteiger partial charge on any atom is 0.500 e. The minimum absolute atomic E-state index is 0.271. The van der Waals surface area contributed by atoms with Gasteiger partial charge in [-0.2, -0.15) is 0 Å². The molecule has 0 aromatic carbocycles. The fourth-order valence-corrected chi connectivity index (χ4v) is 4.26. The molecular formula is C13H32NO4Si+. The first-order valence-electron chi connectivity index (χ1n) is 7.19. The molecule has 0 atom stereocenters. The average Bonchev–Trinajstić information content (AvgIpc) is 2.48. The van der Waals surface area contributed by atoms with Crippen molar-refractivity contribution in [1.29, 1.82) is 0 Å². The van der Waals surface area contributed by atoms with Crippen molar-refractivity contribution in [3.63, 3.8) is 0 Å². The normalized spacial score (nSPS) is 12.9. The van der Waals surface area contributed by atoms with Crippen molar-refractivity contribution in [3.05, 3.63) is 0 Å². The summed E-state index contributed by atoms with van der Waals surface area (Å²) in [4.78, 5) is 0. The van der Waals surface area contributed by atoms with Crippen molar-refractivity contribution in [2.75, 3.05) is 54.1 Å². The van der Waals surface area contributed by atoms with Crippen LogP contribution in [0.1, 0.15) is 26.7 Å². The Morgan fingerprint density at radius 1 is 0.895 bits per heavy atom. The molecule has 0 aliphatic carbocycles. The third-order valence-corrected chi connectivity index (χ3v) is 7.01. The Hall–Kier alpha value is 0.0169. The van der Waals surface area contributed by atoms with Crippen molar-refractivity contribution in [2.24, 2.45) is 0 Å². The summed E-state index contributed by atoms with van der Waals surface area (Å²) in [6.45, 7) is 9.01. The molecule has 0 amide bonds. The Morgan fingerprint density at radius 2 is 1.37 bits per heavy atom. The molecule has 19 heavy (non-hydrogen) atoms. The van der Waals surface area contributed by atoms with Crippen molar-refractivity contribution in [2.45, 2.75) is 32.7 Å². The van der Waals surface area contributed by atoms with E-state index in [4.69, 9.17) is 18.4 Å². The topological polar surface area (TPSA) is 47.9 Å². The molecular weight excluding hydrogens is 262 g/mol. The van der Waals surface area contributed by atoms with Crippen LogP contribution in [0.15, 0.2) is 0 Å². The molecule has 5 nitrogen and oxygen atoms in total. The van der Waals surface area contributed by atoms with Gasteiger partial charge in [0.15, 0.2) is 0 Å². The molecule has 1 N–H and O–H groups in total. The van der Waals surface area contributed by atoms with Gasteiger partial charge in [-0.25, -0.2) is 0 Å². The lowest BCUT2D eigenvalue weighted by Crippen LogP contribution is -2.50. The van der Waals surface area contributed by atoms with Crippen LogP contribution >= 0.6 is 0 Å². The molecule has 0 rings (SSSR count). The number of rotatable bonds is 12. The van der Waals surface area contributed by atoms with Gasteiger partial charge in [0, 0.05) is 46.8 Å². The highest BCUT2D eigenvalue weighted by Crippen LogP contribution is 2.18. The standard InChI is InChI=1S/C13H32NO4Si/c1-6-14(7-2,10-8-12-15)11-9-13-19(16-3,17-4)18-5/h15H,6-13H2,1-5H3/q+1. The zero-order chi connectivity index (χ0) is 14.8. The first-order valence-corrected chi connectivity index (χ1v) is 9.12. The van der Waals surface area contributed by atoms with E-state index in [1.54, 1.807) is 21.3 Å². The number of nitrogens with zero attached hydrogens (tertiary/aromatic N) is 1. The fraction of sp³-hybridized carbons (Fsp3) is 1.00. The Bertz CT molecular complexity index is 212. The summed E-state index contributed by atoms with van der Waals surface area (Å²) in [5, 5.41) is 9.03. The van der Waals surface area contributed by atoms with Gasteiger partial charge < -0.3 is 22.9 Å². The molecule has 116 valence electrons. The molecule has 6 heteroatoms. The Balaban J connectivity index is 4.39. The fourth-order valence-electron chi connectivity index (χ4n) is 2.56. The molecule has 0 saturated carbocycles. The van der Waals surface area contributed by atoms with Crippen LogP contribution in [0.2, 0.25) is 6.04 Å². The minimum atomic E-state index is -2.43. The van der Waals surface area contributed by atoms with E-state index in [9.17, 15) is 0 Å². The molecule has 0 aliphatic heterocycles. The molecule has 0 heterocycles. The second-order valence-electron chi connectivity index (χ2n) is 4.90. The van der Waals surface area contributed by atoms with Gasteiger partial charge in [-0.05, 0) is 13.8 Å². The van der Waals surface area contributed by atoms with E-state index in [-0.39, 0.29) is 6.61 Å². The van der Waals surface area contributed by atoms with Gasteiger partial charge in [0.05, 0.1) is 26.2 Å². The van der Waals surface area contributed by atoms with E-state index in [2.05, 4.69) is 13.8 Å². The smallest absolute Gasteiger partial charge is 0.396 e. The highest BCUT2D eigenvalue weighted by molar-refractivity contribution is 6.60. The quantitative estimate of drug-likeness (QED) is 0.438. The summed E-state index contributed by atoms with van der Waals surface area (Å²) in [6, 6.07) is 0.843. The summed E-state index contributed by atoms with van der Waals surface area (Å²) in [5.41, 5.74) is 0. The molecule has 0 aliphatic rings. The van der Waals surface area contributed by atoms with Gasteiger partial charge in [-0.3, -0.25) is 0 Å². The lowest BCUT2D eigenvalue weighted by Gasteiger charge is -2.37. The van der Waals surface area contributed by atoms with Crippen LogP contribution in [0.4, 0.5) is 0 Å². The van der Waals surface area contributed by atoms with E-state index in [0.29, 0.717) is 0 Å². The lowest BCUT2D eigenvalue weighted by molar-refractivity contribution is -0.925. The zero-order valence-electron chi connectivity index (χ0n) is 13.3. The Kier molecular flexibility index (Phi) is 9.86. The summed E-state index contributed by atoms with van der Waals surface area (Å²) < 4.78 is 17.4. The van der Waals surface area contributed by atoms with Crippen LogP contribution in [-0.4, -0.2) is 72.5 Å². The highest BCUT2D eigenvalue weighted by Gasteiger charge is 2.38. The maximum atomic E-state index is 9.03. The molecule has 0 saturated heterocycles.